The van der Waals surface area contributed by atoms with Crippen molar-refractivity contribution in [1.29, 1.82) is 0 Å². The first-order chi connectivity index (χ1) is 14.0. The van der Waals surface area contributed by atoms with Crippen molar-refractivity contribution in [3.8, 4) is 22.6 Å². The highest BCUT2D eigenvalue weighted by molar-refractivity contribution is 5.86. The summed E-state index contributed by atoms with van der Waals surface area (Å²) in [7, 11) is 0. The molecule has 29 heavy (non-hydrogen) atoms. The summed E-state index contributed by atoms with van der Waals surface area (Å²) in [6.45, 7) is 4.24. The molecule has 1 aliphatic carbocycles. The summed E-state index contributed by atoms with van der Waals surface area (Å²) in [6.07, 6.45) is 0. The lowest BCUT2D eigenvalue weighted by Crippen LogP contribution is -2.28. The maximum atomic E-state index is 9.93. The van der Waals surface area contributed by atoms with E-state index in [0.29, 0.717) is 0 Å². The van der Waals surface area contributed by atoms with Crippen LogP contribution in [0.5, 0.6) is 11.5 Å². The van der Waals surface area contributed by atoms with Crippen molar-refractivity contribution in [2.75, 3.05) is 0 Å². The van der Waals surface area contributed by atoms with Crippen LogP contribution in [0.25, 0.3) is 11.1 Å². The molecule has 2 N–H and O–H groups in total. The zero-order chi connectivity index (χ0) is 20.2. The molecule has 0 saturated heterocycles. The Labute approximate surface area is 170 Å². The van der Waals surface area contributed by atoms with Gasteiger partial charge in [0.1, 0.15) is 11.5 Å². The fourth-order valence-corrected chi connectivity index (χ4v) is 4.77. The van der Waals surface area contributed by atoms with Gasteiger partial charge in [-0.1, -0.05) is 71.8 Å². The Morgan fingerprint density at radius 2 is 1.03 bits per heavy atom. The van der Waals surface area contributed by atoms with E-state index in [0.717, 1.165) is 11.1 Å². The van der Waals surface area contributed by atoms with E-state index < -0.39 is 5.41 Å². The maximum Gasteiger partial charge on any atom is 0.115 e. The van der Waals surface area contributed by atoms with Crippen molar-refractivity contribution in [1.82, 2.24) is 0 Å². The number of aryl methyl sites for hydroxylation is 2. The van der Waals surface area contributed by atoms with Crippen LogP contribution in [0.2, 0.25) is 0 Å². The average Bonchev–Trinajstić information content (AvgIpc) is 2.99. The van der Waals surface area contributed by atoms with Gasteiger partial charge in [-0.25, -0.2) is 0 Å². The summed E-state index contributed by atoms with van der Waals surface area (Å²) in [6, 6.07) is 28.3. The second kappa shape index (κ2) is 6.25. The van der Waals surface area contributed by atoms with Crippen LogP contribution in [0.4, 0.5) is 0 Å². The lowest BCUT2D eigenvalue weighted by atomic mass is 9.67. The highest BCUT2D eigenvalue weighted by Crippen LogP contribution is 2.56. The van der Waals surface area contributed by atoms with E-state index in [1.807, 2.05) is 24.3 Å². The van der Waals surface area contributed by atoms with Gasteiger partial charge in [0.15, 0.2) is 0 Å². The van der Waals surface area contributed by atoms with Gasteiger partial charge in [-0.2, -0.15) is 0 Å². The number of benzene rings is 4. The van der Waals surface area contributed by atoms with Crippen LogP contribution in [0.1, 0.15) is 33.4 Å². The molecule has 0 amide bonds. The van der Waals surface area contributed by atoms with Crippen molar-refractivity contribution in [3.63, 3.8) is 0 Å². The first-order valence-electron chi connectivity index (χ1n) is 9.82. The Balaban J connectivity index is 1.96. The third-order valence-corrected chi connectivity index (χ3v) is 6.05. The molecular formula is C27H22O2. The van der Waals surface area contributed by atoms with Crippen LogP contribution >= 0.6 is 0 Å². The lowest BCUT2D eigenvalue weighted by Gasteiger charge is -2.34. The normalized spacial score (nSPS) is 13.7. The SMILES string of the molecule is Cc1ccc2c(c1)-c1ccc(C)cc1C2(c1ccc(O)cc1)c1ccc(O)cc1. The van der Waals surface area contributed by atoms with Gasteiger partial charge in [0.25, 0.3) is 0 Å². The van der Waals surface area contributed by atoms with Crippen molar-refractivity contribution < 1.29 is 10.2 Å². The van der Waals surface area contributed by atoms with E-state index >= 15 is 0 Å². The van der Waals surface area contributed by atoms with E-state index in [1.165, 1.54) is 33.4 Å². The zero-order valence-corrected chi connectivity index (χ0v) is 16.5. The maximum absolute atomic E-state index is 9.93. The average molecular weight is 378 g/mol. The Hall–Kier alpha value is -3.52. The number of fused-ring (bicyclic) bond motifs is 3. The van der Waals surface area contributed by atoms with Gasteiger partial charge >= 0.3 is 0 Å². The molecule has 0 aromatic heterocycles. The Morgan fingerprint density at radius 1 is 0.517 bits per heavy atom. The smallest absolute Gasteiger partial charge is 0.115 e. The first kappa shape index (κ1) is 17.6. The highest BCUT2D eigenvalue weighted by Gasteiger charge is 2.46. The van der Waals surface area contributed by atoms with Crippen LogP contribution in [-0.2, 0) is 5.41 Å². The largest absolute Gasteiger partial charge is 0.508 e. The molecule has 0 aliphatic heterocycles. The topological polar surface area (TPSA) is 40.5 Å². The second-order valence-corrected chi connectivity index (χ2v) is 7.94. The molecule has 5 rings (SSSR count). The third kappa shape index (κ3) is 2.49. The highest BCUT2D eigenvalue weighted by atomic mass is 16.3. The van der Waals surface area contributed by atoms with Crippen LogP contribution < -0.4 is 0 Å². The fraction of sp³-hybridized carbons (Fsp3) is 0.111. The Morgan fingerprint density at radius 3 is 1.62 bits per heavy atom. The Kier molecular flexibility index (Phi) is 3.78. The molecule has 0 atom stereocenters. The number of hydrogen-bond donors (Lipinski definition) is 2. The van der Waals surface area contributed by atoms with Crippen molar-refractivity contribution in [3.05, 3.63) is 118 Å². The molecular weight excluding hydrogens is 356 g/mol. The van der Waals surface area contributed by atoms with Crippen molar-refractivity contribution in [2.24, 2.45) is 0 Å². The molecule has 4 aromatic rings. The second-order valence-electron chi connectivity index (χ2n) is 7.94. The van der Waals surface area contributed by atoms with Gasteiger partial charge in [-0.3, -0.25) is 0 Å². The van der Waals surface area contributed by atoms with E-state index in [9.17, 15) is 10.2 Å². The number of hydrogen-bond acceptors (Lipinski definition) is 2. The standard InChI is InChI=1S/C27H22O2/c1-17-4-14-25-24(15-17)23-13-3-18(2)16-26(23)27(25,19-5-9-21(28)10-6-19)20-7-11-22(29)12-8-20/h3-16,28-29H,1-2H3. The van der Waals surface area contributed by atoms with E-state index in [4.69, 9.17) is 0 Å². The van der Waals surface area contributed by atoms with Crippen LogP contribution in [0, 0.1) is 13.8 Å². The molecule has 0 unspecified atom stereocenters. The molecule has 142 valence electrons. The summed E-state index contributed by atoms with van der Waals surface area (Å²) in [5, 5.41) is 19.9. The molecule has 2 heteroatoms. The van der Waals surface area contributed by atoms with Crippen LogP contribution in [0.3, 0.4) is 0 Å². The van der Waals surface area contributed by atoms with Gasteiger partial charge < -0.3 is 10.2 Å². The molecule has 0 saturated carbocycles. The van der Waals surface area contributed by atoms with Gasteiger partial charge in [0.05, 0.1) is 5.41 Å². The quantitative estimate of drug-likeness (QED) is 0.391. The lowest BCUT2D eigenvalue weighted by molar-refractivity contribution is 0.475. The van der Waals surface area contributed by atoms with Gasteiger partial charge in [-0.15, -0.1) is 0 Å². The number of rotatable bonds is 2. The zero-order valence-electron chi connectivity index (χ0n) is 16.5. The summed E-state index contributed by atoms with van der Waals surface area (Å²) >= 11 is 0. The van der Waals surface area contributed by atoms with Gasteiger partial charge in [0, 0.05) is 0 Å². The van der Waals surface area contributed by atoms with E-state index in [2.05, 4.69) is 50.2 Å². The van der Waals surface area contributed by atoms with Gasteiger partial charge in [0.2, 0.25) is 0 Å². The summed E-state index contributed by atoms with van der Waals surface area (Å²) in [5.74, 6) is 0.502. The molecule has 0 spiro atoms. The van der Waals surface area contributed by atoms with Crippen molar-refractivity contribution >= 4 is 0 Å². The summed E-state index contributed by atoms with van der Waals surface area (Å²) < 4.78 is 0. The molecule has 0 radical (unpaired) electrons. The first-order valence-corrected chi connectivity index (χ1v) is 9.82. The van der Waals surface area contributed by atoms with Crippen molar-refractivity contribution in [2.45, 2.75) is 19.3 Å². The molecule has 0 fully saturated rings. The minimum atomic E-state index is -0.508. The van der Waals surface area contributed by atoms with Gasteiger partial charge in [-0.05, 0) is 71.5 Å². The predicted octanol–water partition coefficient (Wildman–Crippen LogP) is 6.08. The van der Waals surface area contributed by atoms with E-state index in [1.54, 1.807) is 24.3 Å². The number of phenolic OH excluding ortho intramolecular Hbond substituents is 2. The molecule has 2 nitrogen and oxygen atoms in total. The summed E-state index contributed by atoms with van der Waals surface area (Å²) in [5.41, 5.74) is 9.03. The molecule has 0 bridgehead atoms. The minimum absolute atomic E-state index is 0.251. The monoisotopic (exact) mass is 378 g/mol. The van der Waals surface area contributed by atoms with Crippen LogP contribution in [0.15, 0.2) is 84.9 Å². The molecule has 1 aliphatic rings. The minimum Gasteiger partial charge on any atom is -0.508 e. The van der Waals surface area contributed by atoms with Crippen LogP contribution in [-0.4, -0.2) is 10.2 Å². The molecule has 0 heterocycles. The van der Waals surface area contributed by atoms with E-state index in [-0.39, 0.29) is 11.5 Å². The Bertz CT molecular complexity index is 1170. The third-order valence-electron chi connectivity index (χ3n) is 6.05. The fourth-order valence-electron chi connectivity index (χ4n) is 4.77. The predicted molar refractivity (Wildman–Crippen MR) is 117 cm³/mol. The number of phenols is 2. The summed E-state index contributed by atoms with van der Waals surface area (Å²) in [4.78, 5) is 0. The molecule has 4 aromatic carbocycles. The number of aromatic hydroxyl groups is 2.